The number of hydrogen-bond donors (Lipinski definition) is 2. The normalized spacial score (nSPS) is 27.7. The number of fused-ring (bicyclic) bond motifs is 1. The molecule has 2 nitrogen and oxygen atoms in total. The van der Waals surface area contributed by atoms with Crippen LogP contribution in [0.5, 0.6) is 0 Å². The molecule has 2 aliphatic rings. The predicted octanol–water partition coefficient (Wildman–Crippen LogP) is 5.59. The number of allylic oxidation sites excluding steroid dienone is 3. The summed E-state index contributed by atoms with van der Waals surface area (Å²) in [6.45, 7) is 13.8. The number of benzene rings is 1. The molecule has 0 spiro atoms. The van der Waals surface area contributed by atoms with E-state index in [4.69, 9.17) is 10.2 Å². The Labute approximate surface area is 165 Å². The number of aliphatic hydroxyl groups excluding tert-OH is 1. The Morgan fingerprint density at radius 1 is 1.07 bits per heavy atom. The maximum Gasteiger partial charge on any atom is 0.171 e. The van der Waals surface area contributed by atoms with Crippen LogP contribution in [0, 0.1) is 11.8 Å². The van der Waals surface area contributed by atoms with Gasteiger partial charge in [0.2, 0.25) is 0 Å². The lowest BCUT2D eigenvalue weighted by atomic mass is 9.62. The zero-order chi connectivity index (χ0) is 20.0. The summed E-state index contributed by atoms with van der Waals surface area (Å²) in [7, 11) is 0. The molecule has 0 bridgehead atoms. The molecule has 1 aromatic carbocycles. The van der Waals surface area contributed by atoms with Gasteiger partial charge in [-0.2, -0.15) is 0 Å². The van der Waals surface area contributed by atoms with Crippen LogP contribution in [-0.4, -0.2) is 16.5 Å². The smallest absolute Gasteiger partial charge is 0.171 e. The van der Waals surface area contributed by atoms with E-state index >= 15 is 0 Å². The summed E-state index contributed by atoms with van der Waals surface area (Å²) in [6.07, 6.45) is 8.08. The summed E-state index contributed by atoms with van der Waals surface area (Å²) in [5.74, 6) is 1.84. The molecule has 2 aliphatic carbocycles. The molecule has 0 aromatic heterocycles. The highest BCUT2D eigenvalue weighted by Gasteiger charge is 2.41. The zero-order valence-electron chi connectivity index (χ0n) is 17.8. The van der Waals surface area contributed by atoms with E-state index < -0.39 is 6.29 Å². The van der Waals surface area contributed by atoms with Crippen LogP contribution in [0.25, 0.3) is 0 Å². The molecule has 3 rings (SSSR count). The van der Waals surface area contributed by atoms with Gasteiger partial charge in [0.15, 0.2) is 6.29 Å². The van der Waals surface area contributed by atoms with Crippen LogP contribution in [0.4, 0.5) is 0 Å². The minimum atomic E-state index is -1.37. The molecule has 0 heterocycles. The van der Waals surface area contributed by atoms with Gasteiger partial charge in [0.1, 0.15) is 0 Å². The quantitative estimate of drug-likeness (QED) is 0.525. The lowest BCUT2D eigenvalue weighted by Gasteiger charge is -2.42. The van der Waals surface area contributed by atoms with Gasteiger partial charge in [-0.1, -0.05) is 70.5 Å². The van der Waals surface area contributed by atoms with Crippen molar-refractivity contribution >= 4 is 0 Å². The Balaban J connectivity index is 1.76. The van der Waals surface area contributed by atoms with Gasteiger partial charge in [0, 0.05) is 0 Å². The lowest BCUT2D eigenvalue weighted by Crippen LogP contribution is -2.34. The highest BCUT2D eigenvalue weighted by molar-refractivity contribution is 5.44. The van der Waals surface area contributed by atoms with E-state index in [1.807, 2.05) is 13.0 Å². The molecule has 1 saturated carbocycles. The summed E-state index contributed by atoms with van der Waals surface area (Å²) in [5.41, 5.74) is 5.99. The van der Waals surface area contributed by atoms with Crippen LogP contribution in [0.1, 0.15) is 83.4 Å². The monoisotopic (exact) mass is 368 g/mol. The minimum absolute atomic E-state index is 0.260. The van der Waals surface area contributed by atoms with Crippen LogP contribution < -0.4 is 0 Å². The second kappa shape index (κ2) is 7.22. The third kappa shape index (κ3) is 4.38. The van der Waals surface area contributed by atoms with Crippen molar-refractivity contribution in [2.24, 2.45) is 11.8 Å². The van der Waals surface area contributed by atoms with E-state index in [-0.39, 0.29) is 10.8 Å². The van der Waals surface area contributed by atoms with Gasteiger partial charge in [-0.3, -0.25) is 0 Å². The Kier molecular flexibility index (Phi) is 5.44. The maximum atomic E-state index is 9.01. The van der Waals surface area contributed by atoms with E-state index in [9.17, 15) is 0 Å². The lowest BCUT2D eigenvalue weighted by molar-refractivity contribution is 0.00192. The standard InChI is InChI=1S/C25H36O2/c1-16(13-23(26)27)7-8-19-14-20(19)17(2)18-9-10-21-22(15-18)25(5,6)12-11-24(21,3)4/h7-10,13,15,17,19-20,23,26-27H,11-12,14H2,1-6H3/b8-7+,16-13+/t17?,19-,20?/m0/s1. The Morgan fingerprint density at radius 2 is 1.70 bits per heavy atom. The number of hydrogen-bond acceptors (Lipinski definition) is 2. The molecule has 27 heavy (non-hydrogen) atoms. The first-order valence-corrected chi connectivity index (χ1v) is 10.4. The van der Waals surface area contributed by atoms with Crippen LogP contribution in [0.15, 0.2) is 42.0 Å². The van der Waals surface area contributed by atoms with Crippen LogP contribution in [0.2, 0.25) is 0 Å². The molecule has 148 valence electrons. The SMILES string of the molecule is CC(/C=C/[C@H]1CC1C(C)c1ccc2c(c1)C(C)(C)CCC2(C)C)=C\C(O)O. The third-order valence-corrected chi connectivity index (χ3v) is 6.95. The van der Waals surface area contributed by atoms with E-state index in [1.165, 1.54) is 36.5 Å². The molecule has 0 aliphatic heterocycles. The average molecular weight is 369 g/mol. The van der Waals surface area contributed by atoms with Gasteiger partial charge in [0.05, 0.1) is 0 Å². The van der Waals surface area contributed by atoms with Crippen molar-refractivity contribution < 1.29 is 10.2 Å². The fourth-order valence-corrected chi connectivity index (χ4v) is 4.73. The van der Waals surface area contributed by atoms with Crippen molar-refractivity contribution in [3.05, 3.63) is 58.7 Å². The van der Waals surface area contributed by atoms with Crippen molar-refractivity contribution in [2.75, 3.05) is 0 Å². The summed E-state index contributed by atoms with van der Waals surface area (Å²) >= 11 is 0. The molecule has 3 atom stereocenters. The first-order chi connectivity index (χ1) is 12.5. The van der Waals surface area contributed by atoms with Gasteiger partial charge in [-0.25, -0.2) is 0 Å². The topological polar surface area (TPSA) is 40.5 Å². The second-order valence-electron chi connectivity index (χ2n) is 10.1. The largest absolute Gasteiger partial charge is 0.365 e. The molecule has 1 fully saturated rings. The molecule has 2 unspecified atom stereocenters. The van der Waals surface area contributed by atoms with Crippen LogP contribution >= 0.6 is 0 Å². The van der Waals surface area contributed by atoms with E-state index in [2.05, 4.69) is 58.9 Å². The highest BCUT2D eigenvalue weighted by Crippen LogP contribution is 2.51. The molecular weight excluding hydrogens is 332 g/mol. The number of rotatable bonds is 5. The van der Waals surface area contributed by atoms with Crippen LogP contribution in [0.3, 0.4) is 0 Å². The van der Waals surface area contributed by atoms with Gasteiger partial charge < -0.3 is 10.2 Å². The first kappa shape index (κ1) is 20.4. The molecule has 0 radical (unpaired) electrons. The van der Waals surface area contributed by atoms with E-state index in [0.717, 1.165) is 5.57 Å². The molecular formula is C25H36O2. The molecule has 2 heteroatoms. The van der Waals surface area contributed by atoms with E-state index in [1.54, 1.807) is 5.56 Å². The van der Waals surface area contributed by atoms with Crippen molar-refractivity contribution in [3.63, 3.8) is 0 Å². The summed E-state index contributed by atoms with van der Waals surface area (Å²) in [5, 5.41) is 18.0. The maximum absolute atomic E-state index is 9.01. The van der Waals surface area contributed by atoms with Crippen molar-refractivity contribution in [1.82, 2.24) is 0 Å². The summed E-state index contributed by atoms with van der Waals surface area (Å²) in [4.78, 5) is 0. The van der Waals surface area contributed by atoms with Gasteiger partial charge >= 0.3 is 0 Å². The van der Waals surface area contributed by atoms with Crippen molar-refractivity contribution in [2.45, 2.75) is 83.8 Å². The average Bonchev–Trinajstić information content (AvgIpc) is 3.35. The second-order valence-corrected chi connectivity index (χ2v) is 10.1. The fraction of sp³-hybridized carbons (Fsp3) is 0.600. The van der Waals surface area contributed by atoms with Crippen molar-refractivity contribution in [3.8, 4) is 0 Å². The Morgan fingerprint density at radius 3 is 2.33 bits per heavy atom. The van der Waals surface area contributed by atoms with Crippen LogP contribution in [-0.2, 0) is 10.8 Å². The Hall–Kier alpha value is -1.38. The van der Waals surface area contributed by atoms with E-state index in [0.29, 0.717) is 17.8 Å². The molecule has 0 saturated heterocycles. The van der Waals surface area contributed by atoms with Gasteiger partial charge in [-0.05, 0) is 77.5 Å². The Bertz CT molecular complexity index is 752. The summed E-state index contributed by atoms with van der Waals surface area (Å²) < 4.78 is 0. The zero-order valence-corrected chi connectivity index (χ0v) is 17.8. The summed E-state index contributed by atoms with van der Waals surface area (Å²) in [6, 6.07) is 7.25. The molecule has 2 N–H and O–H groups in total. The first-order valence-electron chi connectivity index (χ1n) is 10.4. The minimum Gasteiger partial charge on any atom is -0.365 e. The van der Waals surface area contributed by atoms with Crippen molar-refractivity contribution in [1.29, 1.82) is 0 Å². The predicted molar refractivity (Wildman–Crippen MR) is 113 cm³/mol. The molecule has 0 amide bonds. The number of aliphatic hydroxyl groups is 2. The fourth-order valence-electron chi connectivity index (χ4n) is 4.73. The molecule has 1 aromatic rings. The van der Waals surface area contributed by atoms with Gasteiger partial charge in [0.25, 0.3) is 0 Å². The highest BCUT2D eigenvalue weighted by atomic mass is 16.5. The van der Waals surface area contributed by atoms with Gasteiger partial charge in [-0.15, -0.1) is 0 Å². The third-order valence-electron chi connectivity index (χ3n) is 6.95.